The molecule has 1 N–H and O–H groups in total. The number of hydrogen-bond donors (Lipinski definition) is 1. The molecule has 3 fully saturated rings. The van der Waals surface area contributed by atoms with Gasteiger partial charge >= 0.3 is 0 Å². The van der Waals surface area contributed by atoms with Crippen molar-refractivity contribution in [3.63, 3.8) is 0 Å². The molecule has 3 saturated heterocycles. The van der Waals surface area contributed by atoms with Gasteiger partial charge in [-0.2, -0.15) is 5.10 Å². The Labute approximate surface area is 155 Å². The van der Waals surface area contributed by atoms with Crippen LogP contribution in [-0.4, -0.2) is 55.7 Å². The van der Waals surface area contributed by atoms with Gasteiger partial charge in [0.1, 0.15) is 23.3 Å². The van der Waals surface area contributed by atoms with E-state index in [2.05, 4.69) is 32.2 Å². The zero-order valence-corrected chi connectivity index (χ0v) is 15.3. The Balaban J connectivity index is 1.39. The summed E-state index contributed by atoms with van der Waals surface area (Å²) in [5, 5.41) is 9.38. The molecule has 26 heavy (non-hydrogen) atoms. The molecule has 134 valence electrons. The maximum Gasteiger partial charge on any atom is 0.270 e. The Bertz CT molecular complexity index is 942. The summed E-state index contributed by atoms with van der Waals surface area (Å²) in [6.07, 6.45) is 7.29. The van der Waals surface area contributed by atoms with Crippen molar-refractivity contribution >= 4 is 27.3 Å². The van der Waals surface area contributed by atoms with Crippen LogP contribution in [0.15, 0.2) is 31.0 Å². The van der Waals surface area contributed by atoms with E-state index in [1.54, 1.807) is 28.5 Å². The SMILES string of the molecule is C[C@H]1[C@H](NC(=O)c2cc3sc(-n4cncn4)cc3cn2)C2CCN1CC2. The number of amides is 1. The van der Waals surface area contributed by atoms with Gasteiger partial charge in [-0.25, -0.2) is 9.67 Å². The molecule has 3 aromatic rings. The number of nitrogens with one attached hydrogen (secondary N) is 1. The fourth-order valence-electron chi connectivity index (χ4n) is 4.25. The first-order valence-corrected chi connectivity index (χ1v) is 9.80. The van der Waals surface area contributed by atoms with E-state index in [4.69, 9.17) is 0 Å². The average molecular weight is 368 g/mol. The summed E-state index contributed by atoms with van der Waals surface area (Å²) in [5.74, 6) is 0.511. The Kier molecular flexibility index (Phi) is 3.75. The molecular weight excluding hydrogens is 348 g/mol. The molecule has 0 aromatic carbocycles. The number of thiophene rings is 1. The van der Waals surface area contributed by atoms with Gasteiger partial charge in [-0.1, -0.05) is 0 Å². The number of aromatic nitrogens is 4. The number of carbonyl (C=O) groups is 1. The van der Waals surface area contributed by atoms with Crippen molar-refractivity contribution in [1.29, 1.82) is 0 Å². The summed E-state index contributed by atoms with van der Waals surface area (Å²) in [4.78, 5) is 23.6. The third-order valence-corrected chi connectivity index (χ3v) is 6.83. The van der Waals surface area contributed by atoms with Crippen molar-refractivity contribution in [2.24, 2.45) is 5.92 Å². The van der Waals surface area contributed by atoms with Crippen LogP contribution in [0, 0.1) is 5.92 Å². The van der Waals surface area contributed by atoms with Gasteiger partial charge in [0.25, 0.3) is 5.91 Å². The van der Waals surface area contributed by atoms with E-state index in [0.29, 0.717) is 17.7 Å². The quantitative estimate of drug-likeness (QED) is 0.766. The Hall–Kier alpha value is -2.32. The topological polar surface area (TPSA) is 75.9 Å². The second-order valence-corrected chi connectivity index (χ2v) is 8.21. The molecule has 3 aliphatic rings. The van der Waals surface area contributed by atoms with Gasteiger partial charge < -0.3 is 5.32 Å². The number of carbonyl (C=O) groups excluding carboxylic acids is 1. The van der Waals surface area contributed by atoms with Crippen LogP contribution in [0.3, 0.4) is 0 Å². The first kappa shape index (κ1) is 15.9. The number of piperidine rings is 3. The standard InChI is InChI=1S/C18H20N6OS/c1-11-17(12-2-4-23(11)5-3-12)22-18(25)14-7-15-13(8-20-14)6-16(26-15)24-10-19-9-21-24/h6-12,17H,2-5H2,1H3,(H,22,25)/t11-,17-/m0/s1. The zero-order chi connectivity index (χ0) is 17.7. The summed E-state index contributed by atoms with van der Waals surface area (Å²) >= 11 is 1.58. The van der Waals surface area contributed by atoms with Gasteiger partial charge in [-0.15, -0.1) is 11.3 Å². The molecule has 6 rings (SSSR count). The molecule has 1 amide bonds. The highest BCUT2D eigenvalue weighted by Gasteiger charge is 2.40. The van der Waals surface area contributed by atoms with Crippen molar-refractivity contribution in [2.45, 2.75) is 31.8 Å². The summed E-state index contributed by atoms with van der Waals surface area (Å²) in [7, 11) is 0. The molecular formula is C18H20N6OS. The Morgan fingerprint density at radius 3 is 2.88 bits per heavy atom. The lowest BCUT2D eigenvalue weighted by atomic mass is 9.79. The Morgan fingerprint density at radius 1 is 1.31 bits per heavy atom. The van der Waals surface area contributed by atoms with Gasteiger partial charge in [0.2, 0.25) is 0 Å². The van der Waals surface area contributed by atoms with Gasteiger partial charge in [-0.05, 0) is 50.9 Å². The van der Waals surface area contributed by atoms with Gasteiger partial charge in [0.15, 0.2) is 0 Å². The normalized spacial score (nSPS) is 27.7. The zero-order valence-electron chi connectivity index (χ0n) is 14.5. The lowest BCUT2D eigenvalue weighted by Gasteiger charge is -2.49. The minimum atomic E-state index is -0.0757. The monoisotopic (exact) mass is 368 g/mol. The second-order valence-electron chi connectivity index (χ2n) is 7.15. The number of nitrogens with zero attached hydrogens (tertiary/aromatic N) is 5. The highest BCUT2D eigenvalue weighted by molar-refractivity contribution is 7.21. The molecule has 2 bridgehead atoms. The van der Waals surface area contributed by atoms with Crippen LogP contribution >= 0.6 is 11.3 Å². The molecule has 2 atom stereocenters. The molecule has 3 aromatic heterocycles. The fourth-order valence-corrected chi connectivity index (χ4v) is 5.25. The smallest absolute Gasteiger partial charge is 0.270 e. The molecule has 7 nitrogen and oxygen atoms in total. The number of hydrogen-bond acceptors (Lipinski definition) is 6. The summed E-state index contributed by atoms with van der Waals surface area (Å²) in [6.45, 7) is 4.53. The van der Waals surface area contributed by atoms with Gasteiger partial charge in [0, 0.05) is 28.4 Å². The van der Waals surface area contributed by atoms with Crippen LogP contribution in [0.2, 0.25) is 0 Å². The van der Waals surface area contributed by atoms with E-state index >= 15 is 0 Å². The minimum Gasteiger partial charge on any atom is -0.346 e. The predicted molar refractivity (Wildman–Crippen MR) is 99.6 cm³/mol. The lowest BCUT2D eigenvalue weighted by Crippen LogP contribution is -2.62. The molecule has 0 unspecified atom stereocenters. The van der Waals surface area contributed by atoms with Crippen molar-refractivity contribution in [3.05, 3.63) is 36.7 Å². The second kappa shape index (κ2) is 6.14. The maximum absolute atomic E-state index is 12.8. The highest BCUT2D eigenvalue weighted by atomic mass is 32.1. The minimum absolute atomic E-state index is 0.0757. The van der Waals surface area contributed by atoms with Crippen LogP contribution in [0.4, 0.5) is 0 Å². The van der Waals surface area contributed by atoms with E-state index < -0.39 is 0 Å². The van der Waals surface area contributed by atoms with Crippen LogP contribution in [0.25, 0.3) is 15.1 Å². The predicted octanol–water partition coefficient (Wildman–Crippen LogP) is 2.09. The largest absolute Gasteiger partial charge is 0.346 e. The van der Waals surface area contributed by atoms with Crippen LogP contribution < -0.4 is 5.32 Å². The summed E-state index contributed by atoms with van der Waals surface area (Å²) < 4.78 is 2.75. The summed E-state index contributed by atoms with van der Waals surface area (Å²) in [6, 6.07) is 4.51. The fraction of sp³-hybridized carbons (Fsp3) is 0.444. The molecule has 6 heterocycles. The number of fused-ring (bicyclic) bond motifs is 4. The van der Waals surface area contributed by atoms with Gasteiger partial charge in [-0.3, -0.25) is 14.7 Å². The number of pyridine rings is 1. The van der Waals surface area contributed by atoms with E-state index in [9.17, 15) is 4.79 Å². The van der Waals surface area contributed by atoms with Crippen LogP contribution in [0.5, 0.6) is 0 Å². The van der Waals surface area contributed by atoms with Crippen LogP contribution in [-0.2, 0) is 0 Å². The summed E-state index contributed by atoms with van der Waals surface area (Å²) in [5.41, 5.74) is 0.480. The average Bonchev–Trinajstić information content (AvgIpc) is 3.33. The lowest BCUT2D eigenvalue weighted by molar-refractivity contribution is 0.0216. The van der Waals surface area contributed by atoms with E-state index in [-0.39, 0.29) is 11.9 Å². The molecule has 3 aliphatic heterocycles. The maximum atomic E-state index is 12.8. The highest BCUT2D eigenvalue weighted by Crippen LogP contribution is 2.32. The number of rotatable bonds is 3. The molecule has 0 saturated carbocycles. The first-order chi connectivity index (χ1) is 12.7. The third kappa shape index (κ3) is 2.60. The van der Waals surface area contributed by atoms with Crippen molar-refractivity contribution in [1.82, 2.24) is 30.0 Å². The van der Waals surface area contributed by atoms with Crippen LogP contribution in [0.1, 0.15) is 30.3 Å². The molecule has 0 radical (unpaired) electrons. The van der Waals surface area contributed by atoms with E-state index in [1.165, 1.54) is 19.2 Å². The van der Waals surface area contributed by atoms with Crippen molar-refractivity contribution in [3.8, 4) is 5.00 Å². The molecule has 0 spiro atoms. The van der Waals surface area contributed by atoms with Crippen molar-refractivity contribution < 1.29 is 4.79 Å². The molecule has 8 heteroatoms. The van der Waals surface area contributed by atoms with Gasteiger partial charge in [0.05, 0.1) is 0 Å². The third-order valence-electron chi connectivity index (χ3n) is 5.74. The van der Waals surface area contributed by atoms with E-state index in [0.717, 1.165) is 28.2 Å². The Morgan fingerprint density at radius 2 is 2.15 bits per heavy atom. The van der Waals surface area contributed by atoms with Crippen molar-refractivity contribution in [2.75, 3.05) is 13.1 Å². The first-order valence-electron chi connectivity index (χ1n) is 8.98. The van der Waals surface area contributed by atoms with E-state index in [1.807, 2.05) is 12.1 Å². The molecule has 0 aliphatic carbocycles.